The summed E-state index contributed by atoms with van der Waals surface area (Å²) in [6, 6.07) is 7.52. The van der Waals surface area contributed by atoms with Crippen molar-refractivity contribution in [2.45, 2.75) is 25.9 Å². The van der Waals surface area contributed by atoms with Gasteiger partial charge in [0.15, 0.2) is 0 Å². The molecule has 1 N–H and O–H groups in total. The summed E-state index contributed by atoms with van der Waals surface area (Å²) in [4.78, 5) is 2.35. The van der Waals surface area contributed by atoms with Crippen LogP contribution in [0.2, 0.25) is 0 Å². The van der Waals surface area contributed by atoms with E-state index >= 15 is 0 Å². The lowest BCUT2D eigenvalue weighted by Gasteiger charge is -2.42. The van der Waals surface area contributed by atoms with Crippen LogP contribution in [0, 0.1) is 0 Å². The Morgan fingerprint density at radius 1 is 1.38 bits per heavy atom. The highest BCUT2D eigenvalue weighted by Gasteiger charge is 2.30. The number of phenols is 1. The molecule has 0 radical (unpaired) electrons. The van der Waals surface area contributed by atoms with Crippen molar-refractivity contribution in [3.63, 3.8) is 0 Å². The molecule has 0 unspecified atom stereocenters. The number of phenolic OH excluding ortho intramolecular Hbond substituents is 1. The third-order valence-electron chi connectivity index (χ3n) is 3.17. The van der Waals surface area contributed by atoms with Gasteiger partial charge in [-0.2, -0.15) is 0 Å². The SMILES string of the molecule is CC1(C)COCCN1Cc1ccccc1O. The lowest BCUT2D eigenvalue weighted by atomic mass is 10.0. The van der Waals surface area contributed by atoms with Crippen molar-refractivity contribution < 1.29 is 9.84 Å². The Labute approximate surface area is 96.6 Å². The zero-order chi connectivity index (χ0) is 11.6. The highest BCUT2D eigenvalue weighted by atomic mass is 16.5. The van der Waals surface area contributed by atoms with Crippen molar-refractivity contribution in [1.29, 1.82) is 0 Å². The number of benzene rings is 1. The molecule has 1 aromatic rings. The predicted octanol–water partition coefficient (Wildman–Crippen LogP) is 2.00. The van der Waals surface area contributed by atoms with Crippen LogP contribution in [0.15, 0.2) is 24.3 Å². The van der Waals surface area contributed by atoms with Crippen LogP contribution < -0.4 is 0 Å². The Hall–Kier alpha value is -1.06. The highest BCUT2D eigenvalue weighted by molar-refractivity contribution is 5.31. The van der Waals surface area contributed by atoms with E-state index < -0.39 is 0 Å². The molecular weight excluding hydrogens is 202 g/mol. The van der Waals surface area contributed by atoms with E-state index in [1.165, 1.54) is 0 Å². The van der Waals surface area contributed by atoms with E-state index in [0.29, 0.717) is 5.75 Å². The first kappa shape index (κ1) is 11.4. The molecule has 0 spiro atoms. The fourth-order valence-corrected chi connectivity index (χ4v) is 2.03. The molecule has 0 atom stereocenters. The third-order valence-corrected chi connectivity index (χ3v) is 3.17. The first-order valence-electron chi connectivity index (χ1n) is 5.69. The van der Waals surface area contributed by atoms with E-state index in [1.807, 2.05) is 18.2 Å². The van der Waals surface area contributed by atoms with E-state index in [2.05, 4.69) is 18.7 Å². The standard InChI is InChI=1S/C13H19NO2/c1-13(2)10-16-8-7-14(13)9-11-5-3-4-6-12(11)15/h3-6,15H,7-10H2,1-2H3. The summed E-state index contributed by atoms with van der Waals surface area (Å²) in [7, 11) is 0. The molecule has 0 bridgehead atoms. The van der Waals surface area contributed by atoms with Crippen molar-refractivity contribution >= 4 is 0 Å². The summed E-state index contributed by atoms with van der Waals surface area (Å²) in [5.41, 5.74) is 1.03. The molecule has 88 valence electrons. The van der Waals surface area contributed by atoms with E-state index in [0.717, 1.165) is 31.9 Å². The highest BCUT2D eigenvalue weighted by Crippen LogP contribution is 2.25. The summed E-state index contributed by atoms with van der Waals surface area (Å²) >= 11 is 0. The lowest BCUT2D eigenvalue weighted by Crippen LogP contribution is -2.52. The molecule has 0 saturated carbocycles. The fourth-order valence-electron chi connectivity index (χ4n) is 2.03. The molecule has 1 aliphatic heterocycles. The minimum Gasteiger partial charge on any atom is -0.508 e. The zero-order valence-corrected chi connectivity index (χ0v) is 9.94. The van der Waals surface area contributed by atoms with E-state index in [4.69, 9.17) is 4.74 Å². The van der Waals surface area contributed by atoms with Crippen LogP contribution in [-0.4, -0.2) is 35.3 Å². The van der Waals surface area contributed by atoms with Crippen molar-refractivity contribution in [2.24, 2.45) is 0 Å². The molecule has 16 heavy (non-hydrogen) atoms. The van der Waals surface area contributed by atoms with Gasteiger partial charge in [-0.25, -0.2) is 0 Å². The first-order chi connectivity index (χ1) is 7.59. The predicted molar refractivity (Wildman–Crippen MR) is 63.4 cm³/mol. The molecule has 0 aliphatic carbocycles. The summed E-state index contributed by atoms with van der Waals surface area (Å²) in [6.07, 6.45) is 0. The summed E-state index contributed by atoms with van der Waals surface area (Å²) < 4.78 is 5.48. The fraction of sp³-hybridized carbons (Fsp3) is 0.538. The maximum atomic E-state index is 9.75. The van der Waals surface area contributed by atoms with Crippen LogP contribution in [0.4, 0.5) is 0 Å². The summed E-state index contributed by atoms with van der Waals surface area (Å²) in [6.45, 7) is 7.57. The number of hydrogen-bond acceptors (Lipinski definition) is 3. The number of ether oxygens (including phenoxy) is 1. The lowest BCUT2D eigenvalue weighted by molar-refractivity contribution is -0.0554. The van der Waals surface area contributed by atoms with Crippen LogP contribution >= 0.6 is 0 Å². The second kappa shape index (κ2) is 4.44. The van der Waals surface area contributed by atoms with Gasteiger partial charge in [-0.1, -0.05) is 18.2 Å². The Bertz CT molecular complexity index is 363. The molecule has 1 aromatic carbocycles. The van der Waals surface area contributed by atoms with Gasteiger partial charge in [0.1, 0.15) is 5.75 Å². The largest absolute Gasteiger partial charge is 0.508 e. The molecule has 2 rings (SSSR count). The minimum absolute atomic E-state index is 0.0422. The van der Waals surface area contributed by atoms with Gasteiger partial charge in [0.2, 0.25) is 0 Å². The van der Waals surface area contributed by atoms with E-state index in [1.54, 1.807) is 6.07 Å². The van der Waals surface area contributed by atoms with Gasteiger partial charge in [0, 0.05) is 24.2 Å². The van der Waals surface area contributed by atoms with Crippen molar-refractivity contribution in [2.75, 3.05) is 19.8 Å². The van der Waals surface area contributed by atoms with Gasteiger partial charge >= 0.3 is 0 Å². The van der Waals surface area contributed by atoms with E-state index in [-0.39, 0.29) is 5.54 Å². The van der Waals surface area contributed by atoms with Crippen molar-refractivity contribution in [3.8, 4) is 5.75 Å². The topological polar surface area (TPSA) is 32.7 Å². The Morgan fingerprint density at radius 2 is 2.12 bits per heavy atom. The maximum absolute atomic E-state index is 9.75. The number of hydrogen-bond donors (Lipinski definition) is 1. The van der Waals surface area contributed by atoms with Crippen LogP contribution in [0.5, 0.6) is 5.75 Å². The Morgan fingerprint density at radius 3 is 2.81 bits per heavy atom. The Kier molecular flexibility index (Phi) is 3.17. The monoisotopic (exact) mass is 221 g/mol. The van der Waals surface area contributed by atoms with Crippen LogP contribution in [0.25, 0.3) is 0 Å². The Balaban J connectivity index is 2.12. The number of nitrogens with zero attached hydrogens (tertiary/aromatic N) is 1. The third kappa shape index (κ3) is 2.36. The molecular formula is C13H19NO2. The second-order valence-electron chi connectivity index (χ2n) is 4.92. The molecule has 0 amide bonds. The first-order valence-corrected chi connectivity index (χ1v) is 5.69. The molecule has 1 fully saturated rings. The molecule has 3 nitrogen and oxygen atoms in total. The van der Waals surface area contributed by atoms with Gasteiger partial charge in [-0.3, -0.25) is 4.90 Å². The van der Waals surface area contributed by atoms with Crippen molar-refractivity contribution in [3.05, 3.63) is 29.8 Å². The van der Waals surface area contributed by atoms with Gasteiger partial charge in [0.05, 0.1) is 13.2 Å². The number of rotatable bonds is 2. The number of para-hydroxylation sites is 1. The average molecular weight is 221 g/mol. The number of morpholine rings is 1. The maximum Gasteiger partial charge on any atom is 0.120 e. The van der Waals surface area contributed by atoms with Crippen LogP contribution in [0.1, 0.15) is 19.4 Å². The smallest absolute Gasteiger partial charge is 0.120 e. The van der Waals surface area contributed by atoms with E-state index in [9.17, 15) is 5.11 Å². The normalized spacial score (nSPS) is 20.9. The van der Waals surface area contributed by atoms with Gasteiger partial charge in [-0.05, 0) is 19.9 Å². The summed E-state index contributed by atoms with van der Waals surface area (Å²) in [5.74, 6) is 0.379. The van der Waals surface area contributed by atoms with Gasteiger partial charge in [-0.15, -0.1) is 0 Å². The molecule has 3 heteroatoms. The summed E-state index contributed by atoms with van der Waals surface area (Å²) in [5, 5.41) is 9.75. The van der Waals surface area contributed by atoms with Crippen molar-refractivity contribution in [1.82, 2.24) is 4.90 Å². The quantitative estimate of drug-likeness (QED) is 0.829. The zero-order valence-electron chi connectivity index (χ0n) is 9.94. The van der Waals surface area contributed by atoms with Crippen LogP contribution in [-0.2, 0) is 11.3 Å². The molecule has 1 saturated heterocycles. The van der Waals surface area contributed by atoms with Gasteiger partial charge in [0.25, 0.3) is 0 Å². The molecule has 1 heterocycles. The van der Waals surface area contributed by atoms with Crippen LogP contribution in [0.3, 0.4) is 0 Å². The average Bonchev–Trinajstić information content (AvgIpc) is 2.24. The van der Waals surface area contributed by atoms with Gasteiger partial charge < -0.3 is 9.84 Å². The minimum atomic E-state index is 0.0422. The molecule has 1 aliphatic rings. The number of aromatic hydroxyl groups is 1. The molecule has 0 aromatic heterocycles. The second-order valence-corrected chi connectivity index (χ2v) is 4.92.